The molecule has 3 aromatic heterocycles. The van der Waals surface area contributed by atoms with E-state index in [1.165, 1.54) is 0 Å². The van der Waals surface area contributed by atoms with Gasteiger partial charge in [0.2, 0.25) is 17.5 Å². The Hall–Kier alpha value is -5.91. The Labute approximate surface area is 350 Å². The smallest absolute Gasteiger partial charge is 0.361 e. The molecule has 0 saturated carbocycles. The van der Waals surface area contributed by atoms with E-state index in [-0.39, 0.29) is 41.8 Å². The summed E-state index contributed by atoms with van der Waals surface area (Å²) in [4.78, 5) is 22.5. The fraction of sp³-hybridized carbons (Fsp3) is 0.0541. The molecule has 61 heavy (non-hydrogen) atoms. The Morgan fingerprint density at radius 1 is 0.459 bits per heavy atom. The molecule has 0 fully saturated rings. The van der Waals surface area contributed by atoms with E-state index in [1.54, 1.807) is 0 Å². The monoisotopic (exact) mass is 999 g/mol. The molecule has 0 amide bonds. The molecule has 8 rings (SSSR count). The molecule has 0 spiro atoms. The van der Waals surface area contributed by atoms with Crippen molar-refractivity contribution in [1.82, 2.24) is 19.9 Å². The van der Waals surface area contributed by atoms with Crippen molar-refractivity contribution in [2.45, 2.75) is 12.8 Å². The molecule has 310 valence electrons. The molecular weight excluding hydrogens is 986 g/mol. The fourth-order valence-electron chi connectivity index (χ4n) is 6.93. The van der Waals surface area contributed by atoms with E-state index in [0.29, 0.717) is 18.2 Å². The maximum absolute atomic E-state index is 15.7. The van der Waals surface area contributed by atoms with Crippen molar-refractivity contribution in [3.63, 3.8) is 0 Å². The number of aryl methyl sites for hydroxylation is 2. The first-order chi connectivity index (χ1) is 27.8. The van der Waals surface area contributed by atoms with Crippen LogP contribution >= 0.6 is 12.4 Å². The summed E-state index contributed by atoms with van der Waals surface area (Å²) in [7, 11) is 0. The van der Waals surface area contributed by atoms with Crippen LogP contribution in [0.5, 0.6) is 0 Å². The SMILES string of the molecule is Cl.O=[N+]([O-])c1cc2[nH]c1c(-c1c(F)c(F)c(F)c(F)c1F)c1nc(c(-c3c(F)c(F)c(F)c(F)c3F)c3[nH]c(c(-c4c(F)c(F)c(F)c(F)c4F)c4ccc2[nH]4)CC3)C=C1.[Sn+4]. The normalized spacial score (nSPS) is 12.2. The van der Waals surface area contributed by atoms with Crippen LogP contribution in [0.25, 0.3) is 67.6 Å². The van der Waals surface area contributed by atoms with Crippen LogP contribution in [-0.4, -0.2) is 48.8 Å². The summed E-state index contributed by atoms with van der Waals surface area (Å²) in [5, 5.41) is 12.4. The number of hydrogen-bond acceptors (Lipinski definition) is 3. The average molecular weight is 999 g/mol. The van der Waals surface area contributed by atoms with Gasteiger partial charge in [0.25, 0.3) is 5.69 Å². The Bertz CT molecular complexity index is 3040. The van der Waals surface area contributed by atoms with Gasteiger partial charge in [0.15, 0.2) is 69.8 Å². The summed E-state index contributed by atoms with van der Waals surface area (Å²) >= 11 is 0. The maximum Gasteiger partial charge on any atom is 4.00 e. The number of benzene rings is 3. The standard InChI is InChI=1S/C37H12F15N5O2.ClH.Sn/c38-22-19(23(39)29(45)34(50)28(22)44)16-9-2-1-8(53-9)14-7-15(57(58)59)37(56-14)18(21-26(42)32(48)36(52)33(49)27(21)43)13-6-5-12(55-13)17(11-4-3-10(16)54-11)20-24(40)30(46)35(51)31(47)25(20)41;;/h1-2,5-7,53-54,56H,3-4H2;1H;/q;;+4. The van der Waals surface area contributed by atoms with Gasteiger partial charge in [-0.15, -0.1) is 12.4 Å². The van der Waals surface area contributed by atoms with Crippen LogP contribution in [0.4, 0.5) is 71.5 Å². The summed E-state index contributed by atoms with van der Waals surface area (Å²) in [6, 6.07) is 2.60. The van der Waals surface area contributed by atoms with Crippen LogP contribution in [0.2, 0.25) is 0 Å². The van der Waals surface area contributed by atoms with E-state index in [1.807, 2.05) is 0 Å². The third-order valence-corrected chi connectivity index (χ3v) is 9.55. The summed E-state index contributed by atoms with van der Waals surface area (Å²) < 4.78 is 225. The first-order valence-corrected chi connectivity index (χ1v) is 16.2. The number of fused-ring (bicyclic) bond motifs is 9. The molecule has 3 aromatic carbocycles. The maximum atomic E-state index is 15.7. The van der Waals surface area contributed by atoms with Crippen molar-refractivity contribution < 1.29 is 70.8 Å². The number of aromatic amines is 3. The Morgan fingerprint density at radius 3 is 1.26 bits per heavy atom. The molecular formula is C37H13ClF15N5O2Sn+4. The molecule has 5 heterocycles. The molecule has 0 aliphatic carbocycles. The van der Waals surface area contributed by atoms with E-state index >= 15 is 26.3 Å². The van der Waals surface area contributed by atoms with Crippen LogP contribution in [0.15, 0.2) is 18.2 Å². The quantitative estimate of drug-likeness (QED) is 0.0409. The van der Waals surface area contributed by atoms with Gasteiger partial charge in [0.05, 0.1) is 44.0 Å². The molecule has 6 aromatic rings. The Balaban J connectivity index is 0.00000311. The molecule has 0 atom stereocenters. The second-order valence-corrected chi connectivity index (χ2v) is 12.7. The zero-order chi connectivity index (χ0) is 42.7. The van der Waals surface area contributed by atoms with Gasteiger partial charge in [0.1, 0.15) is 5.52 Å². The predicted octanol–water partition coefficient (Wildman–Crippen LogP) is 11.2. The largest absolute Gasteiger partial charge is 4.00 e. The topological polar surface area (TPSA) is 103 Å². The van der Waals surface area contributed by atoms with Crippen molar-refractivity contribution >= 4 is 76.2 Å². The zero-order valence-electron chi connectivity index (χ0n) is 29.1. The van der Waals surface area contributed by atoms with Gasteiger partial charge >= 0.3 is 23.9 Å². The molecule has 2 aliphatic heterocycles. The first-order valence-electron chi connectivity index (χ1n) is 16.2. The van der Waals surface area contributed by atoms with Crippen molar-refractivity contribution in [3.8, 4) is 33.4 Å². The second-order valence-electron chi connectivity index (χ2n) is 12.7. The minimum atomic E-state index is -2.66. The predicted molar refractivity (Wildman–Crippen MR) is 189 cm³/mol. The van der Waals surface area contributed by atoms with Crippen LogP contribution in [-0.2, 0) is 12.8 Å². The fourth-order valence-corrected chi connectivity index (χ4v) is 6.93. The second kappa shape index (κ2) is 15.8. The molecule has 2 aliphatic rings. The molecule has 0 unspecified atom stereocenters. The Morgan fingerprint density at radius 2 is 0.820 bits per heavy atom. The van der Waals surface area contributed by atoms with E-state index in [4.69, 9.17) is 0 Å². The van der Waals surface area contributed by atoms with Crippen molar-refractivity contribution in [2.75, 3.05) is 0 Å². The molecule has 0 saturated heterocycles. The van der Waals surface area contributed by atoms with E-state index in [0.717, 1.165) is 12.1 Å². The first kappa shape index (κ1) is 44.6. The number of H-pyrrole nitrogens is 3. The third-order valence-electron chi connectivity index (χ3n) is 9.55. The van der Waals surface area contributed by atoms with Gasteiger partial charge in [-0.25, -0.2) is 70.8 Å². The van der Waals surface area contributed by atoms with Crippen molar-refractivity contribution in [3.05, 3.63) is 138 Å². The minimum absolute atomic E-state index is 0. The Kier molecular flexibility index (Phi) is 11.6. The van der Waals surface area contributed by atoms with Gasteiger partial charge < -0.3 is 15.0 Å². The zero-order valence-corrected chi connectivity index (χ0v) is 32.8. The number of nitrogens with one attached hydrogen (secondary N) is 3. The van der Waals surface area contributed by atoms with Gasteiger partial charge in [-0.1, -0.05) is 0 Å². The van der Waals surface area contributed by atoms with Gasteiger partial charge in [-0.3, -0.25) is 10.1 Å². The van der Waals surface area contributed by atoms with Crippen LogP contribution in [0, 0.1) is 97.4 Å². The van der Waals surface area contributed by atoms with E-state index < -0.39 is 183 Å². The summed E-state index contributed by atoms with van der Waals surface area (Å²) in [5.41, 5.74) is -15.0. The number of nitrogens with zero attached hydrogens (tertiary/aromatic N) is 2. The average Bonchev–Trinajstić information content (AvgIpc) is 4.05. The minimum Gasteiger partial charge on any atom is -0.361 e. The van der Waals surface area contributed by atoms with Crippen LogP contribution in [0.3, 0.4) is 0 Å². The van der Waals surface area contributed by atoms with E-state index in [9.17, 15) is 49.6 Å². The third kappa shape index (κ3) is 6.60. The number of aromatic nitrogens is 4. The number of rotatable bonds is 4. The molecule has 3 N–H and O–H groups in total. The number of nitro groups is 1. The van der Waals surface area contributed by atoms with E-state index in [2.05, 4.69) is 19.9 Å². The molecule has 24 heteroatoms. The van der Waals surface area contributed by atoms with Crippen molar-refractivity contribution in [1.29, 1.82) is 0 Å². The molecule has 8 bridgehead atoms. The number of halogens is 16. The van der Waals surface area contributed by atoms with Gasteiger partial charge in [-0.2, -0.15) is 0 Å². The summed E-state index contributed by atoms with van der Waals surface area (Å²) in [6.45, 7) is 0. The van der Waals surface area contributed by atoms with Crippen LogP contribution < -0.4 is 0 Å². The summed E-state index contributed by atoms with van der Waals surface area (Å²) in [5.74, 6) is -37.8. The van der Waals surface area contributed by atoms with Crippen molar-refractivity contribution in [2.24, 2.45) is 0 Å². The van der Waals surface area contributed by atoms with Gasteiger partial charge in [0, 0.05) is 39.7 Å². The summed E-state index contributed by atoms with van der Waals surface area (Å²) in [6.07, 6.45) is 0.152. The van der Waals surface area contributed by atoms with Gasteiger partial charge in [-0.05, 0) is 37.1 Å². The van der Waals surface area contributed by atoms with Crippen LogP contribution in [0.1, 0.15) is 22.8 Å². The molecule has 0 radical (unpaired) electrons. The molecule has 7 nitrogen and oxygen atoms in total. The number of hydrogen-bond donors (Lipinski definition) is 3.